The molecule has 0 aliphatic heterocycles. The largest absolute Gasteiger partial charge is 0.415 e. The van der Waals surface area contributed by atoms with E-state index in [2.05, 4.69) is 25.5 Å². The maximum atomic E-state index is 12.6. The molecule has 0 atom stereocenters. The van der Waals surface area contributed by atoms with Crippen LogP contribution in [-0.4, -0.2) is 30.2 Å². The molecule has 0 saturated carbocycles. The number of hydrogen-bond donors (Lipinski definition) is 0. The van der Waals surface area contributed by atoms with Gasteiger partial charge in [0.25, 0.3) is 5.89 Å². The average Bonchev–Trinajstić information content (AvgIpc) is 3.51. The summed E-state index contributed by atoms with van der Waals surface area (Å²) in [6, 6.07) is 19.2. The van der Waals surface area contributed by atoms with Gasteiger partial charge in [-0.25, -0.2) is 4.68 Å². The number of nitrogens with zero attached hydrogens (tertiary/aromatic N) is 6. The Morgan fingerprint density at radius 2 is 1.41 bits per heavy atom. The molecule has 2 aromatic carbocycles. The van der Waals surface area contributed by atoms with Gasteiger partial charge in [-0.05, 0) is 41.0 Å². The molecular weight excluding hydrogens is 414 g/mol. The lowest BCUT2D eigenvalue weighted by atomic mass is 10.0. The van der Waals surface area contributed by atoms with Crippen LogP contribution in [0.3, 0.4) is 0 Å². The van der Waals surface area contributed by atoms with Crippen LogP contribution in [0.4, 0.5) is 8.78 Å². The van der Waals surface area contributed by atoms with Crippen LogP contribution in [0.2, 0.25) is 0 Å². The molecule has 0 aliphatic rings. The van der Waals surface area contributed by atoms with E-state index in [0.717, 1.165) is 27.9 Å². The second-order valence-corrected chi connectivity index (χ2v) is 7.06. The minimum Gasteiger partial charge on any atom is -0.415 e. The molecule has 158 valence electrons. The van der Waals surface area contributed by atoms with Crippen LogP contribution in [0, 0.1) is 0 Å². The van der Waals surface area contributed by atoms with E-state index in [1.165, 1.54) is 0 Å². The lowest BCUT2D eigenvalue weighted by molar-refractivity contribution is 0.116. The Kier molecular flexibility index (Phi) is 5.20. The van der Waals surface area contributed by atoms with Crippen molar-refractivity contribution in [2.24, 2.45) is 0 Å². The van der Waals surface area contributed by atoms with E-state index in [4.69, 9.17) is 4.42 Å². The number of rotatable bonds is 6. The Morgan fingerprint density at radius 1 is 0.750 bits per heavy atom. The van der Waals surface area contributed by atoms with Crippen LogP contribution in [0.25, 0.3) is 33.8 Å². The van der Waals surface area contributed by atoms with Crippen LogP contribution < -0.4 is 0 Å². The maximum absolute atomic E-state index is 12.6. The Hall–Kier alpha value is -4.27. The zero-order valence-corrected chi connectivity index (χ0v) is 16.6. The topological polar surface area (TPSA) is 82.5 Å². The first-order valence-corrected chi connectivity index (χ1v) is 9.77. The van der Waals surface area contributed by atoms with Crippen molar-refractivity contribution in [3.8, 4) is 33.8 Å². The molecule has 0 aliphatic carbocycles. The molecule has 7 nitrogen and oxygen atoms in total. The summed E-state index contributed by atoms with van der Waals surface area (Å²) in [5.74, 6) is -0.627. The van der Waals surface area contributed by atoms with Crippen LogP contribution in [0.15, 0.2) is 83.7 Å². The van der Waals surface area contributed by atoms with E-state index in [9.17, 15) is 8.78 Å². The quantitative estimate of drug-likeness (QED) is 0.375. The Balaban J connectivity index is 1.28. The van der Waals surface area contributed by atoms with E-state index < -0.39 is 12.3 Å². The van der Waals surface area contributed by atoms with Gasteiger partial charge >= 0.3 is 6.43 Å². The average molecular weight is 430 g/mol. The summed E-state index contributed by atoms with van der Waals surface area (Å²) in [6.07, 6.45) is 2.62. The van der Waals surface area contributed by atoms with Gasteiger partial charge in [0.15, 0.2) is 0 Å². The van der Waals surface area contributed by atoms with Crippen molar-refractivity contribution in [2.45, 2.75) is 13.0 Å². The Bertz CT molecular complexity index is 1310. The highest BCUT2D eigenvalue weighted by Gasteiger charge is 2.17. The fourth-order valence-electron chi connectivity index (χ4n) is 3.26. The molecule has 0 saturated heterocycles. The lowest BCUT2D eigenvalue weighted by Gasteiger charge is -2.03. The minimum atomic E-state index is -2.79. The van der Waals surface area contributed by atoms with Gasteiger partial charge in [-0.1, -0.05) is 41.6 Å². The van der Waals surface area contributed by atoms with Crippen LogP contribution in [0.1, 0.15) is 17.9 Å². The van der Waals surface area contributed by atoms with Gasteiger partial charge in [0.1, 0.15) is 5.69 Å². The van der Waals surface area contributed by atoms with Gasteiger partial charge in [0, 0.05) is 23.5 Å². The van der Waals surface area contributed by atoms with Crippen molar-refractivity contribution in [1.82, 2.24) is 30.2 Å². The zero-order chi connectivity index (χ0) is 21.9. The summed E-state index contributed by atoms with van der Waals surface area (Å²) < 4.78 is 31.9. The Labute approximate surface area is 181 Å². The van der Waals surface area contributed by atoms with Crippen LogP contribution >= 0.6 is 0 Å². The summed E-state index contributed by atoms with van der Waals surface area (Å²) in [4.78, 5) is 4.04. The van der Waals surface area contributed by atoms with Gasteiger partial charge in [-0.3, -0.25) is 4.98 Å². The van der Waals surface area contributed by atoms with E-state index in [1.807, 2.05) is 54.7 Å². The lowest BCUT2D eigenvalue weighted by Crippen LogP contribution is -2.00. The van der Waals surface area contributed by atoms with Crippen molar-refractivity contribution in [1.29, 1.82) is 0 Å². The smallest absolute Gasteiger partial charge is 0.314 e. The van der Waals surface area contributed by atoms with Gasteiger partial charge < -0.3 is 4.42 Å². The van der Waals surface area contributed by atoms with Crippen molar-refractivity contribution in [2.75, 3.05) is 0 Å². The molecular formula is C23H16F2N6O. The summed E-state index contributed by atoms with van der Waals surface area (Å²) in [5.41, 5.74) is 5.48. The van der Waals surface area contributed by atoms with Crippen LogP contribution in [0.5, 0.6) is 0 Å². The zero-order valence-electron chi connectivity index (χ0n) is 16.6. The number of aromatic nitrogens is 6. The third kappa shape index (κ3) is 4.13. The van der Waals surface area contributed by atoms with Gasteiger partial charge in [0.2, 0.25) is 5.89 Å². The normalized spacial score (nSPS) is 11.2. The van der Waals surface area contributed by atoms with Crippen molar-refractivity contribution < 1.29 is 13.2 Å². The van der Waals surface area contributed by atoms with E-state index >= 15 is 0 Å². The molecule has 3 heterocycles. The number of pyridine rings is 1. The van der Waals surface area contributed by atoms with Gasteiger partial charge in [0.05, 0.1) is 12.7 Å². The monoisotopic (exact) mass is 430 g/mol. The molecule has 0 fully saturated rings. The third-order valence-electron chi connectivity index (χ3n) is 4.91. The number of alkyl halides is 2. The molecule has 0 N–H and O–H groups in total. The summed E-state index contributed by atoms with van der Waals surface area (Å²) in [5, 5.41) is 15.5. The molecule has 0 amide bonds. The molecule has 32 heavy (non-hydrogen) atoms. The van der Waals surface area contributed by atoms with E-state index in [-0.39, 0.29) is 5.89 Å². The molecule has 5 rings (SSSR count). The molecule has 0 bridgehead atoms. The number of benzene rings is 2. The predicted octanol–water partition coefficient (Wildman–Crippen LogP) is 5.04. The first kappa shape index (κ1) is 19.7. The molecule has 0 spiro atoms. The summed E-state index contributed by atoms with van der Waals surface area (Å²) in [7, 11) is 0. The highest BCUT2D eigenvalue weighted by molar-refractivity contribution is 5.68. The highest BCUT2D eigenvalue weighted by Crippen LogP contribution is 2.25. The first-order valence-electron chi connectivity index (χ1n) is 9.77. The standard InChI is InChI=1S/C23H16F2N6O/c24-21(25)23-29-28-22(32-23)19-3-1-15(2-4-19)13-31-14-20(27-30-31)18-7-5-16(6-8-18)17-9-11-26-12-10-17/h1-12,14,21H,13H2. The fraction of sp³-hybridized carbons (Fsp3) is 0.0870. The third-order valence-corrected chi connectivity index (χ3v) is 4.91. The molecule has 3 aromatic heterocycles. The number of halogens is 2. The van der Waals surface area contributed by atoms with Crippen molar-refractivity contribution in [3.63, 3.8) is 0 Å². The summed E-state index contributed by atoms with van der Waals surface area (Å²) in [6.45, 7) is 0.508. The second-order valence-electron chi connectivity index (χ2n) is 7.06. The van der Waals surface area contributed by atoms with Crippen LogP contribution in [-0.2, 0) is 6.54 Å². The first-order chi connectivity index (χ1) is 15.7. The number of hydrogen-bond acceptors (Lipinski definition) is 6. The second kappa shape index (κ2) is 8.46. The molecule has 5 aromatic rings. The van der Waals surface area contributed by atoms with Crippen molar-refractivity contribution in [3.05, 3.63) is 90.7 Å². The van der Waals surface area contributed by atoms with Gasteiger partial charge in [-0.15, -0.1) is 15.3 Å². The van der Waals surface area contributed by atoms with E-state index in [1.54, 1.807) is 29.2 Å². The summed E-state index contributed by atoms with van der Waals surface area (Å²) >= 11 is 0. The fourth-order valence-corrected chi connectivity index (χ4v) is 3.26. The SMILES string of the molecule is FC(F)c1nnc(-c2ccc(Cn3cc(-c4ccc(-c5ccncc5)cc4)nn3)cc2)o1. The molecule has 0 radical (unpaired) electrons. The molecule has 9 heteroatoms. The van der Waals surface area contributed by atoms with Crippen molar-refractivity contribution >= 4 is 0 Å². The molecule has 0 unspecified atom stereocenters. The minimum absolute atomic E-state index is 0.0603. The maximum Gasteiger partial charge on any atom is 0.314 e. The Morgan fingerprint density at radius 3 is 2.09 bits per heavy atom. The predicted molar refractivity (Wildman–Crippen MR) is 112 cm³/mol. The highest BCUT2D eigenvalue weighted by atomic mass is 19.3. The van der Waals surface area contributed by atoms with E-state index in [0.29, 0.717) is 12.1 Å². The van der Waals surface area contributed by atoms with Gasteiger partial charge in [-0.2, -0.15) is 8.78 Å².